The van der Waals surface area contributed by atoms with Gasteiger partial charge in [-0.1, -0.05) is 12.1 Å². The SMILES string of the molecule is Nc1cccc(-c2cnc3ncccc3c2)c1N. The van der Waals surface area contributed by atoms with E-state index in [1.807, 2.05) is 30.3 Å². The first-order valence-electron chi connectivity index (χ1n) is 5.61. The zero-order valence-corrected chi connectivity index (χ0v) is 9.67. The number of pyridine rings is 2. The van der Waals surface area contributed by atoms with E-state index in [0.29, 0.717) is 11.4 Å². The molecule has 4 N–H and O–H groups in total. The molecule has 0 radical (unpaired) electrons. The normalized spacial score (nSPS) is 10.7. The van der Waals surface area contributed by atoms with Crippen molar-refractivity contribution < 1.29 is 0 Å². The monoisotopic (exact) mass is 236 g/mol. The zero-order valence-electron chi connectivity index (χ0n) is 9.67. The van der Waals surface area contributed by atoms with E-state index in [0.717, 1.165) is 22.2 Å². The van der Waals surface area contributed by atoms with Crippen LogP contribution in [0.3, 0.4) is 0 Å². The Morgan fingerprint density at radius 3 is 2.72 bits per heavy atom. The number of benzene rings is 1. The summed E-state index contributed by atoms with van der Waals surface area (Å²) < 4.78 is 0. The number of fused-ring (bicyclic) bond motifs is 1. The van der Waals surface area contributed by atoms with Crippen LogP contribution >= 0.6 is 0 Å². The lowest BCUT2D eigenvalue weighted by Crippen LogP contribution is -1.97. The molecule has 0 aliphatic heterocycles. The van der Waals surface area contributed by atoms with Gasteiger partial charge in [-0.05, 0) is 24.3 Å². The van der Waals surface area contributed by atoms with Gasteiger partial charge in [0.05, 0.1) is 11.4 Å². The molecule has 0 saturated carbocycles. The zero-order chi connectivity index (χ0) is 12.5. The summed E-state index contributed by atoms with van der Waals surface area (Å²) in [4.78, 5) is 8.51. The molecule has 0 fully saturated rings. The summed E-state index contributed by atoms with van der Waals surface area (Å²) in [5.74, 6) is 0. The van der Waals surface area contributed by atoms with E-state index in [1.165, 1.54) is 0 Å². The van der Waals surface area contributed by atoms with Crippen molar-refractivity contribution >= 4 is 22.4 Å². The standard InChI is InChI=1S/C14H12N4/c15-12-5-1-4-11(13(12)16)10-7-9-3-2-6-17-14(9)18-8-10/h1-8H,15-16H2. The lowest BCUT2D eigenvalue weighted by Gasteiger charge is -2.08. The number of nitrogen functional groups attached to an aromatic ring is 2. The molecule has 88 valence electrons. The first-order valence-corrected chi connectivity index (χ1v) is 5.61. The van der Waals surface area contributed by atoms with Crippen LogP contribution in [0.15, 0.2) is 48.8 Å². The maximum absolute atomic E-state index is 5.99. The molecule has 0 aliphatic carbocycles. The molecule has 0 saturated heterocycles. The fourth-order valence-corrected chi connectivity index (χ4v) is 1.95. The number of nitrogens with two attached hydrogens (primary N) is 2. The van der Waals surface area contributed by atoms with Crippen molar-refractivity contribution in [1.29, 1.82) is 0 Å². The highest BCUT2D eigenvalue weighted by atomic mass is 14.8. The van der Waals surface area contributed by atoms with Gasteiger partial charge in [-0.2, -0.15) is 0 Å². The molecule has 3 rings (SSSR count). The average molecular weight is 236 g/mol. The minimum Gasteiger partial charge on any atom is -0.397 e. The van der Waals surface area contributed by atoms with Crippen molar-refractivity contribution in [3.63, 3.8) is 0 Å². The Morgan fingerprint density at radius 1 is 0.944 bits per heavy atom. The molecule has 0 unspecified atom stereocenters. The number of para-hydroxylation sites is 1. The third kappa shape index (κ3) is 1.64. The third-order valence-corrected chi connectivity index (χ3v) is 2.90. The molecule has 18 heavy (non-hydrogen) atoms. The van der Waals surface area contributed by atoms with Crippen molar-refractivity contribution in [1.82, 2.24) is 9.97 Å². The molecule has 2 aromatic heterocycles. The molecule has 0 aliphatic rings. The Hall–Kier alpha value is -2.62. The van der Waals surface area contributed by atoms with Gasteiger partial charge in [-0.3, -0.25) is 0 Å². The molecule has 1 aromatic carbocycles. The van der Waals surface area contributed by atoms with Gasteiger partial charge >= 0.3 is 0 Å². The van der Waals surface area contributed by atoms with Gasteiger partial charge in [0.15, 0.2) is 5.65 Å². The number of hydrogen-bond donors (Lipinski definition) is 2. The summed E-state index contributed by atoms with van der Waals surface area (Å²) in [5.41, 5.74) is 15.5. The quantitative estimate of drug-likeness (QED) is 0.636. The second-order valence-corrected chi connectivity index (χ2v) is 4.08. The minimum absolute atomic E-state index is 0.582. The van der Waals surface area contributed by atoms with E-state index in [4.69, 9.17) is 11.5 Å². The van der Waals surface area contributed by atoms with Gasteiger partial charge in [-0.15, -0.1) is 0 Å². The first-order chi connectivity index (χ1) is 8.75. The van der Waals surface area contributed by atoms with Gasteiger partial charge in [0.25, 0.3) is 0 Å². The Morgan fingerprint density at radius 2 is 1.83 bits per heavy atom. The van der Waals surface area contributed by atoms with Crippen LogP contribution in [0.25, 0.3) is 22.2 Å². The predicted molar refractivity (Wildman–Crippen MR) is 73.8 cm³/mol. The number of anilines is 2. The lowest BCUT2D eigenvalue weighted by molar-refractivity contribution is 1.29. The van der Waals surface area contributed by atoms with Crippen molar-refractivity contribution in [3.05, 3.63) is 48.8 Å². The lowest BCUT2D eigenvalue weighted by atomic mass is 10.0. The largest absolute Gasteiger partial charge is 0.397 e. The summed E-state index contributed by atoms with van der Waals surface area (Å²) in [6, 6.07) is 11.5. The van der Waals surface area contributed by atoms with Gasteiger partial charge in [0.2, 0.25) is 0 Å². The number of aromatic nitrogens is 2. The van der Waals surface area contributed by atoms with Crippen LogP contribution in [0.2, 0.25) is 0 Å². The van der Waals surface area contributed by atoms with Crippen molar-refractivity contribution in [2.45, 2.75) is 0 Å². The fraction of sp³-hybridized carbons (Fsp3) is 0. The topological polar surface area (TPSA) is 77.8 Å². The molecular weight excluding hydrogens is 224 g/mol. The molecule has 0 spiro atoms. The maximum atomic E-state index is 5.99. The second-order valence-electron chi connectivity index (χ2n) is 4.08. The van der Waals surface area contributed by atoms with Crippen LogP contribution in [0.5, 0.6) is 0 Å². The van der Waals surface area contributed by atoms with Crippen molar-refractivity contribution in [2.75, 3.05) is 11.5 Å². The third-order valence-electron chi connectivity index (χ3n) is 2.90. The van der Waals surface area contributed by atoms with Crippen LogP contribution in [-0.4, -0.2) is 9.97 Å². The van der Waals surface area contributed by atoms with E-state index in [-0.39, 0.29) is 0 Å². The van der Waals surface area contributed by atoms with E-state index < -0.39 is 0 Å². The molecule has 3 aromatic rings. The molecule has 2 heterocycles. The highest BCUT2D eigenvalue weighted by Gasteiger charge is 2.06. The molecular formula is C14H12N4. The number of rotatable bonds is 1. The summed E-state index contributed by atoms with van der Waals surface area (Å²) in [7, 11) is 0. The van der Waals surface area contributed by atoms with Gasteiger partial charge in [0, 0.05) is 28.9 Å². The molecule has 0 amide bonds. The van der Waals surface area contributed by atoms with Gasteiger partial charge in [0.1, 0.15) is 0 Å². The van der Waals surface area contributed by atoms with E-state index >= 15 is 0 Å². The number of hydrogen-bond acceptors (Lipinski definition) is 4. The minimum atomic E-state index is 0.582. The van der Waals surface area contributed by atoms with Crippen LogP contribution in [-0.2, 0) is 0 Å². The van der Waals surface area contributed by atoms with Crippen molar-refractivity contribution in [2.24, 2.45) is 0 Å². The molecule has 0 bridgehead atoms. The average Bonchev–Trinajstić information content (AvgIpc) is 2.41. The second kappa shape index (κ2) is 4.00. The van der Waals surface area contributed by atoms with Gasteiger partial charge < -0.3 is 11.5 Å². The number of nitrogens with zero attached hydrogens (tertiary/aromatic N) is 2. The molecule has 4 nitrogen and oxygen atoms in total. The Kier molecular flexibility index (Phi) is 2.34. The van der Waals surface area contributed by atoms with Crippen LogP contribution < -0.4 is 11.5 Å². The molecule has 4 heteroatoms. The van der Waals surface area contributed by atoms with Crippen LogP contribution in [0.4, 0.5) is 11.4 Å². The fourth-order valence-electron chi connectivity index (χ4n) is 1.95. The summed E-state index contributed by atoms with van der Waals surface area (Å²) in [6.45, 7) is 0. The summed E-state index contributed by atoms with van der Waals surface area (Å²) in [6.07, 6.45) is 3.49. The Labute approximate surface area is 104 Å². The summed E-state index contributed by atoms with van der Waals surface area (Å²) in [5, 5.41) is 0.983. The van der Waals surface area contributed by atoms with E-state index in [9.17, 15) is 0 Å². The van der Waals surface area contributed by atoms with Crippen molar-refractivity contribution in [3.8, 4) is 11.1 Å². The van der Waals surface area contributed by atoms with E-state index in [1.54, 1.807) is 18.5 Å². The van der Waals surface area contributed by atoms with E-state index in [2.05, 4.69) is 9.97 Å². The highest BCUT2D eigenvalue weighted by molar-refractivity contribution is 5.88. The van der Waals surface area contributed by atoms with Gasteiger partial charge in [-0.25, -0.2) is 9.97 Å². The Bertz CT molecular complexity index is 722. The molecule has 0 atom stereocenters. The Balaban J connectivity index is 2.22. The van der Waals surface area contributed by atoms with Crippen LogP contribution in [0.1, 0.15) is 0 Å². The smallest absolute Gasteiger partial charge is 0.159 e. The predicted octanol–water partition coefficient (Wildman–Crippen LogP) is 2.46. The van der Waals surface area contributed by atoms with Crippen LogP contribution in [0, 0.1) is 0 Å². The maximum Gasteiger partial charge on any atom is 0.159 e. The first kappa shape index (κ1) is 10.5. The highest BCUT2D eigenvalue weighted by Crippen LogP contribution is 2.30. The summed E-state index contributed by atoms with van der Waals surface area (Å²) >= 11 is 0.